The minimum atomic E-state index is 0.303. The molecular weight excluding hydrogens is 133 g/mol. The number of hydrogen-bond donors (Lipinski definition) is 0. The summed E-state index contributed by atoms with van der Waals surface area (Å²) in [4.78, 5) is 7.35. The zero-order valence-electron chi connectivity index (χ0n) is 5.66. The van der Waals surface area contributed by atoms with Crippen LogP contribution < -0.4 is 5.12 Å². The molecule has 1 heterocycles. The molecule has 0 aliphatic carbocycles. The van der Waals surface area contributed by atoms with Crippen molar-refractivity contribution in [1.29, 1.82) is 0 Å². The van der Waals surface area contributed by atoms with E-state index in [-0.39, 0.29) is 0 Å². The maximum absolute atomic E-state index is 12.6. The first-order chi connectivity index (χ1) is 4.84. The summed E-state index contributed by atoms with van der Waals surface area (Å²) in [5.74, 6) is 0.303. The lowest BCUT2D eigenvalue weighted by Gasteiger charge is -2.07. The molecule has 0 aliphatic heterocycles. The van der Waals surface area contributed by atoms with Crippen molar-refractivity contribution in [3.05, 3.63) is 18.6 Å². The quantitative estimate of drug-likeness (QED) is 0.579. The Labute approximate surface area is 58.5 Å². The van der Waals surface area contributed by atoms with Gasteiger partial charge in [-0.15, -0.1) is 0 Å². The van der Waals surface area contributed by atoms with Crippen LogP contribution in [-0.2, 0) is 0 Å². The molecule has 54 valence electrons. The van der Waals surface area contributed by atoms with Crippen LogP contribution in [0.25, 0.3) is 0 Å². The third kappa shape index (κ3) is 1.40. The summed E-state index contributed by atoms with van der Waals surface area (Å²) in [6.07, 6.45) is 2.82. The number of rotatable bonds is 2. The Morgan fingerprint density at radius 3 is 3.00 bits per heavy atom. The molecule has 10 heavy (non-hydrogen) atoms. The lowest BCUT2D eigenvalue weighted by atomic mass is 10.5. The highest BCUT2D eigenvalue weighted by atomic mass is 19.2. The Hall–Kier alpha value is -1.19. The molecule has 0 amide bonds. The van der Waals surface area contributed by atoms with Crippen LogP contribution in [0.1, 0.15) is 6.92 Å². The van der Waals surface area contributed by atoms with Gasteiger partial charge < -0.3 is 0 Å². The van der Waals surface area contributed by atoms with Gasteiger partial charge in [-0.2, -0.15) is 5.12 Å². The van der Waals surface area contributed by atoms with Crippen LogP contribution in [-0.4, -0.2) is 16.5 Å². The van der Waals surface area contributed by atoms with Crippen LogP contribution in [0.15, 0.2) is 18.6 Å². The molecule has 0 aromatic carbocycles. The van der Waals surface area contributed by atoms with E-state index >= 15 is 0 Å². The molecule has 1 rings (SSSR count). The maximum atomic E-state index is 12.6. The number of nitrogens with zero attached hydrogens (tertiary/aromatic N) is 3. The van der Waals surface area contributed by atoms with Gasteiger partial charge in [0, 0.05) is 18.8 Å². The highest BCUT2D eigenvalue weighted by molar-refractivity contribution is 5.31. The van der Waals surface area contributed by atoms with Crippen molar-refractivity contribution < 1.29 is 4.48 Å². The van der Waals surface area contributed by atoms with Crippen LogP contribution in [0.4, 0.5) is 10.3 Å². The fraction of sp³-hybridized carbons (Fsp3) is 0.333. The normalized spacial score (nSPS) is 9.40. The molecule has 0 unspecified atom stereocenters. The molecule has 0 atom stereocenters. The van der Waals surface area contributed by atoms with Gasteiger partial charge in [0.25, 0.3) is 0 Å². The van der Waals surface area contributed by atoms with E-state index in [0.717, 1.165) is 0 Å². The van der Waals surface area contributed by atoms with Gasteiger partial charge in [0.1, 0.15) is 6.33 Å². The smallest absolute Gasteiger partial charge is 0.160 e. The van der Waals surface area contributed by atoms with Crippen LogP contribution >= 0.6 is 0 Å². The van der Waals surface area contributed by atoms with E-state index in [1.807, 2.05) is 0 Å². The molecule has 0 N–H and O–H groups in total. The highest BCUT2D eigenvalue weighted by Gasteiger charge is 1.99. The monoisotopic (exact) mass is 141 g/mol. The lowest BCUT2D eigenvalue weighted by molar-refractivity contribution is 0.438. The first kappa shape index (κ1) is 6.92. The van der Waals surface area contributed by atoms with Gasteiger partial charge in [-0.3, -0.25) is 0 Å². The van der Waals surface area contributed by atoms with Gasteiger partial charge >= 0.3 is 0 Å². The van der Waals surface area contributed by atoms with E-state index in [0.29, 0.717) is 17.5 Å². The van der Waals surface area contributed by atoms with Crippen LogP contribution in [0, 0.1) is 0 Å². The summed E-state index contributed by atoms with van der Waals surface area (Å²) >= 11 is 0. The third-order valence-corrected chi connectivity index (χ3v) is 1.09. The predicted octanol–water partition coefficient (Wildman–Crippen LogP) is 1.19. The van der Waals surface area contributed by atoms with E-state index in [1.165, 1.54) is 18.6 Å². The molecule has 0 fully saturated rings. The Bertz CT molecular complexity index is 189. The maximum Gasteiger partial charge on any atom is 0.160 e. The van der Waals surface area contributed by atoms with Crippen molar-refractivity contribution >= 4 is 5.82 Å². The second-order valence-corrected chi connectivity index (χ2v) is 1.75. The molecular formula is C6H8FN3. The molecule has 0 spiro atoms. The third-order valence-electron chi connectivity index (χ3n) is 1.09. The van der Waals surface area contributed by atoms with E-state index < -0.39 is 0 Å². The Kier molecular flexibility index (Phi) is 2.15. The molecule has 3 nitrogen and oxygen atoms in total. The molecule has 1 aromatic heterocycles. The van der Waals surface area contributed by atoms with Gasteiger partial charge in [0.05, 0.1) is 0 Å². The predicted molar refractivity (Wildman–Crippen MR) is 36.2 cm³/mol. The molecule has 0 aliphatic rings. The zero-order valence-corrected chi connectivity index (χ0v) is 5.66. The number of aromatic nitrogens is 2. The molecule has 0 radical (unpaired) electrons. The average Bonchev–Trinajstić information content (AvgIpc) is 2.05. The topological polar surface area (TPSA) is 29.0 Å². The van der Waals surface area contributed by atoms with E-state index in [9.17, 15) is 4.48 Å². The SMILES string of the molecule is CCN(F)c1ccncn1. The summed E-state index contributed by atoms with van der Waals surface area (Å²) in [5.41, 5.74) is 0. The van der Waals surface area contributed by atoms with Crippen LogP contribution in [0.3, 0.4) is 0 Å². The Morgan fingerprint density at radius 2 is 2.50 bits per heavy atom. The molecule has 4 heteroatoms. The highest BCUT2D eigenvalue weighted by Crippen LogP contribution is 2.06. The summed E-state index contributed by atoms with van der Waals surface area (Å²) in [6, 6.07) is 1.52. The second-order valence-electron chi connectivity index (χ2n) is 1.75. The fourth-order valence-electron chi connectivity index (χ4n) is 0.589. The minimum absolute atomic E-state index is 0.303. The Balaban J connectivity index is 2.75. The minimum Gasteiger partial charge on any atom is -0.245 e. The number of anilines is 1. The number of hydrogen-bond acceptors (Lipinski definition) is 3. The molecule has 0 saturated heterocycles. The van der Waals surface area contributed by atoms with Gasteiger partial charge in [-0.25, -0.2) is 9.97 Å². The average molecular weight is 141 g/mol. The van der Waals surface area contributed by atoms with Crippen LogP contribution in [0.5, 0.6) is 0 Å². The lowest BCUT2D eigenvalue weighted by Crippen LogP contribution is -2.11. The van der Waals surface area contributed by atoms with E-state index in [2.05, 4.69) is 9.97 Å². The van der Waals surface area contributed by atoms with Crippen molar-refractivity contribution in [2.75, 3.05) is 11.7 Å². The van der Waals surface area contributed by atoms with Gasteiger partial charge in [0.2, 0.25) is 0 Å². The summed E-state index contributed by atoms with van der Waals surface area (Å²) in [5, 5.41) is 0.557. The molecule has 1 aromatic rings. The first-order valence-corrected chi connectivity index (χ1v) is 3.04. The zero-order chi connectivity index (χ0) is 7.40. The fourth-order valence-corrected chi connectivity index (χ4v) is 0.589. The van der Waals surface area contributed by atoms with Gasteiger partial charge in [-0.05, 0) is 6.92 Å². The van der Waals surface area contributed by atoms with Gasteiger partial charge in [-0.1, -0.05) is 4.48 Å². The van der Waals surface area contributed by atoms with Crippen molar-refractivity contribution in [2.45, 2.75) is 6.92 Å². The van der Waals surface area contributed by atoms with Crippen molar-refractivity contribution in [3.63, 3.8) is 0 Å². The second kappa shape index (κ2) is 3.10. The Morgan fingerprint density at radius 1 is 1.70 bits per heavy atom. The van der Waals surface area contributed by atoms with E-state index in [1.54, 1.807) is 6.92 Å². The first-order valence-electron chi connectivity index (χ1n) is 3.04. The van der Waals surface area contributed by atoms with E-state index in [4.69, 9.17) is 0 Å². The summed E-state index contributed by atoms with van der Waals surface area (Å²) in [6.45, 7) is 2.01. The largest absolute Gasteiger partial charge is 0.245 e. The van der Waals surface area contributed by atoms with Crippen molar-refractivity contribution in [1.82, 2.24) is 9.97 Å². The summed E-state index contributed by atoms with van der Waals surface area (Å²) in [7, 11) is 0. The standard InChI is InChI=1S/C6H8FN3/c1-2-10(7)6-3-4-8-5-9-6/h3-5H,2H2,1H3. The van der Waals surface area contributed by atoms with Crippen molar-refractivity contribution in [3.8, 4) is 0 Å². The van der Waals surface area contributed by atoms with Gasteiger partial charge in [0.15, 0.2) is 5.82 Å². The number of halogens is 1. The molecule has 0 saturated carbocycles. The molecule has 0 bridgehead atoms. The summed E-state index contributed by atoms with van der Waals surface area (Å²) < 4.78 is 12.6. The van der Waals surface area contributed by atoms with Crippen LogP contribution in [0.2, 0.25) is 0 Å². The van der Waals surface area contributed by atoms with Crippen molar-refractivity contribution in [2.24, 2.45) is 0 Å².